The molecule has 1 atom stereocenters. The number of methoxy groups -OCH3 is 1. The molecule has 2 heterocycles. The van der Waals surface area contributed by atoms with Crippen LogP contribution >= 0.6 is 11.3 Å². The summed E-state index contributed by atoms with van der Waals surface area (Å²) < 4.78 is 5.21. The molecule has 0 radical (unpaired) electrons. The number of amides is 1. The third-order valence-electron chi connectivity index (χ3n) is 4.95. The lowest BCUT2D eigenvalue weighted by Crippen LogP contribution is -3.08. The van der Waals surface area contributed by atoms with Crippen LogP contribution in [0.25, 0.3) is 0 Å². The second-order valence-corrected chi connectivity index (χ2v) is 7.90. The molecule has 1 fully saturated rings. The fraction of sp³-hybridized carbons (Fsp3) is 0.450. The number of benzene rings is 1. The number of quaternary nitrogens is 1. The fourth-order valence-electron chi connectivity index (χ4n) is 3.30. The largest absolute Gasteiger partial charge is 0.497 e. The number of ether oxygens (including phenoxy) is 1. The summed E-state index contributed by atoms with van der Waals surface area (Å²) in [6, 6.07) is 10.3. The van der Waals surface area contributed by atoms with Gasteiger partial charge in [0.2, 0.25) is 0 Å². The average molecular weight is 375 g/mol. The van der Waals surface area contributed by atoms with E-state index in [2.05, 4.69) is 42.5 Å². The molecule has 0 aliphatic carbocycles. The van der Waals surface area contributed by atoms with Crippen LogP contribution in [0, 0.1) is 6.92 Å². The van der Waals surface area contributed by atoms with Crippen molar-refractivity contribution < 1.29 is 14.4 Å². The molecular weight excluding hydrogens is 346 g/mol. The van der Waals surface area contributed by atoms with E-state index in [9.17, 15) is 4.79 Å². The first kappa shape index (κ1) is 18.7. The number of hydrogen-bond acceptors (Lipinski definition) is 4. The molecule has 140 valence electrons. The summed E-state index contributed by atoms with van der Waals surface area (Å²) in [7, 11) is 3.78. The molecule has 1 N–H and O–H groups in total. The molecule has 5 nitrogen and oxygen atoms in total. The number of nitrogens with one attached hydrogen (secondary N) is 1. The monoisotopic (exact) mass is 374 g/mol. The first-order valence-electron chi connectivity index (χ1n) is 9.08. The molecule has 0 bridgehead atoms. The predicted molar refractivity (Wildman–Crippen MR) is 106 cm³/mol. The second-order valence-electron chi connectivity index (χ2n) is 6.90. The predicted octanol–water partition coefficient (Wildman–Crippen LogP) is 1.43. The normalized spacial score (nSPS) is 15.8. The summed E-state index contributed by atoms with van der Waals surface area (Å²) in [5, 5.41) is 2.12. The number of rotatable bonds is 6. The maximum absolute atomic E-state index is 12.6. The van der Waals surface area contributed by atoms with Crippen molar-refractivity contribution in [1.82, 2.24) is 4.90 Å². The molecule has 1 aliphatic rings. The Hall–Kier alpha value is -2.05. The first-order valence-corrected chi connectivity index (χ1v) is 9.96. The SMILES string of the molecule is COc1ccc(N2CCN(C(=O)C[NH+](C)Cc3sccc3C)CC2)cc1. The lowest BCUT2D eigenvalue weighted by atomic mass is 10.2. The van der Waals surface area contributed by atoms with Crippen LogP contribution < -0.4 is 14.5 Å². The number of aryl methyl sites for hydroxylation is 1. The van der Waals surface area contributed by atoms with Gasteiger partial charge in [0.05, 0.1) is 19.0 Å². The molecule has 0 spiro atoms. The number of likely N-dealkylation sites (N-methyl/N-ethyl adjacent to an activating group) is 1. The van der Waals surface area contributed by atoms with Crippen LogP contribution in [0.1, 0.15) is 10.4 Å². The summed E-state index contributed by atoms with van der Waals surface area (Å²) >= 11 is 1.78. The zero-order valence-corrected chi connectivity index (χ0v) is 16.6. The Balaban J connectivity index is 1.47. The molecule has 3 rings (SSSR count). The summed E-state index contributed by atoms with van der Waals surface area (Å²) in [5.74, 6) is 1.13. The Morgan fingerprint density at radius 3 is 2.42 bits per heavy atom. The van der Waals surface area contributed by atoms with Gasteiger partial charge in [0.25, 0.3) is 5.91 Å². The van der Waals surface area contributed by atoms with Crippen LogP contribution in [0.4, 0.5) is 5.69 Å². The van der Waals surface area contributed by atoms with Gasteiger partial charge in [-0.15, -0.1) is 11.3 Å². The van der Waals surface area contributed by atoms with Crippen molar-refractivity contribution in [3.8, 4) is 5.75 Å². The number of piperazine rings is 1. The highest BCUT2D eigenvalue weighted by atomic mass is 32.1. The molecule has 2 aromatic rings. The van der Waals surface area contributed by atoms with Gasteiger partial charge < -0.3 is 19.4 Å². The molecule has 1 aliphatic heterocycles. The molecule has 1 unspecified atom stereocenters. The first-order chi connectivity index (χ1) is 12.6. The molecule has 1 amide bonds. The van der Waals surface area contributed by atoms with Gasteiger partial charge in [-0.2, -0.15) is 0 Å². The van der Waals surface area contributed by atoms with Crippen molar-refractivity contribution in [3.05, 3.63) is 46.2 Å². The van der Waals surface area contributed by atoms with Crippen LogP contribution in [-0.4, -0.2) is 57.7 Å². The lowest BCUT2D eigenvalue weighted by Gasteiger charge is -2.36. The van der Waals surface area contributed by atoms with Crippen LogP contribution in [-0.2, 0) is 11.3 Å². The van der Waals surface area contributed by atoms with E-state index in [1.165, 1.54) is 21.0 Å². The Bertz CT molecular complexity index is 721. The van der Waals surface area contributed by atoms with Crippen LogP contribution in [0.3, 0.4) is 0 Å². The highest BCUT2D eigenvalue weighted by molar-refractivity contribution is 7.10. The van der Waals surface area contributed by atoms with Crippen molar-refractivity contribution in [2.45, 2.75) is 13.5 Å². The smallest absolute Gasteiger partial charge is 0.277 e. The number of anilines is 1. The molecule has 26 heavy (non-hydrogen) atoms. The fourth-order valence-corrected chi connectivity index (χ4v) is 4.32. The van der Waals surface area contributed by atoms with Gasteiger partial charge >= 0.3 is 0 Å². The Kier molecular flexibility index (Phi) is 6.16. The topological polar surface area (TPSA) is 37.2 Å². The lowest BCUT2D eigenvalue weighted by molar-refractivity contribution is -0.885. The minimum absolute atomic E-state index is 0.256. The molecular formula is C20H28N3O2S+. The van der Waals surface area contributed by atoms with Crippen molar-refractivity contribution >= 4 is 22.9 Å². The van der Waals surface area contributed by atoms with Crippen molar-refractivity contribution in [2.24, 2.45) is 0 Å². The zero-order chi connectivity index (χ0) is 18.5. The van der Waals surface area contributed by atoms with E-state index in [-0.39, 0.29) is 5.91 Å². The van der Waals surface area contributed by atoms with E-state index < -0.39 is 0 Å². The van der Waals surface area contributed by atoms with Gasteiger partial charge in [-0.25, -0.2) is 0 Å². The minimum atomic E-state index is 0.256. The summed E-state index contributed by atoms with van der Waals surface area (Å²) in [6.45, 7) is 6.94. The van der Waals surface area contributed by atoms with Crippen LogP contribution in [0.15, 0.2) is 35.7 Å². The number of thiophene rings is 1. The van der Waals surface area contributed by atoms with Crippen LogP contribution in [0.2, 0.25) is 0 Å². The third-order valence-corrected chi connectivity index (χ3v) is 5.98. The quantitative estimate of drug-likeness (QED) is 0.831. The molecule has 0 saturated carbocycles. The minimum Gasteiger partial charge on any atom is -0.497 e. The van der Waals surface area contributed by atoms with Crippen molar-refractivity contribution in [2.75, 3.05) is 51.8 Å². The summed E-state index contributed by atoms with van der Waals surface area (Å²) in [6.07, 6.45) is 0. The highest BCUT2D eigenvalue weighted by Crippen LogP contribution is 2.20. The number of carbonyl (C=O) groups excluding carboxylic acids is 1. The number of nitrogens with zero attached hydrogens (tertiary/aromatic N) is 2. The highest BCUT2D eigenvalue weighted by Gasteiger charge is 2.23. The van der Waals surface area contributed by atoms with E-state index in [1.807, 2.05) is 17.0 Å². The summed E-state index contributed by atoms with van der Waals surface area (Å²) in [4.78, 5) is 19.6. The Morgan fingerprint density at radius 1 is 1.15 bits per heavy atom. The van der Waals surface area contributed by atoms with E-state index in [0.29, 0.717) is 6.54 Å². The maximum Gasteiger partial charge on any atom is 0.277 e. The van der Waals surface area contributed by atoms with Gasteiger partial charge in [0.1, 0.15) is 12.3 Å². The molecule has 1 saturated heterocycles. The zero-order valence-electron chi connectivity index (χ0n) is 15.8. The van der Waals surface area contributed by atoms with E-state index in [0.717, 1.165) is 38.5 Å². The van der Waals surface area contributed by atoms with Gasteiger partial charge in [0, 0.05) is 31.9 Å². The molecule has 6 heteroatoms. The van der Waals surface area contributed by atoms with Gasteiger partial charge in [-0.3, -0.25) is 4.79 Å². The Morgan fingerprint density at radius 2 is 1.85 bits per heavy atom. The number of hydrogen-bond donors (Lipinski definition) is 1. The van der Waals surface area contributed by atoms with Gasteiger partial charge in [0.15, 0.2) is 6.54 Å². The average Bonchev–Trinajstić information content (AvgIpc) is 3.06. The van der Waals surface area contributed by atoms with Gasteiger partial charge in [-0.1, -0.05) is 0 Å². The Labute approximate surface area is 159 Å². The standard InChI is InChI=1S/C20H27N3O2S/c1-16-8-13-26-19(16)14-21(2)15-20(24)23-11-9-22(10-12-23)17-4-6-18(25-3)7-5-17/h4-8,13H,9-12,14-15H2,1-3H3/p+1. The third kappa shape index (κ3) is 4.56. The van der Waals surface area contributed by atoms with Crippen molar-refractivity contribution in [1.29, 1.82) is 0 Å². The van der Waals surface area contributed by atoms with E-state index in [4.69, 9.17) is 4.74 Å². The van der Waals surface area contributed by atoms with Crippen LogP contribution in [0.5, 0.6) is 5.75 Å². The second kappa shape index (κ2) is 8.56. The maximum atomic E-state index is 12.6. The summed E-state index contributed by atoms with van der Waals surface area (Å²) in [5.41, 5.74) is 2.52. The molecule has 1 aromatic heterocycles. The molecule has 1 aromatic carbocycles. The van der Waals surface area contributed by atoms with E-state index >= 15 is 0 Å². The number of carbonyl (C=O) groups is 1. The van der Waals surface area contributed by atoms with Crippen molar-refractivity contribution in [3.63, 3.8) is 0 Å². The van der Waals surface area contributed by atoms with E-state index in [1.54, 1.807) is 18.4 Å². The van der Waals surface area contributed by atoms with Gasteiger partial charge in [-0.05, 0) is 48.2 Å².